The molecule has 0 radical (unpaired) electrons. The molecule has 1 saturated heterocycles. The summed E-state index contributed by atoms with van der Waals surface area (Å²) in [6, 6.07) is 15.1. The third-order valence-electron chi connectivity index (χ3n) is 4.23. The van der Waals surface area contributed by atoms with Gasteiger partial charge in [-0.05, 0) is 37.4 Å². The second-order valence-corrected chi connectivity index (χ2v) is 5.71. The van der Waals surface area contributed by atoms with E-state index in [0.717, 1.165) is 13.1 Å². The second-order valence-electron chi connectivity index (χ2n) is 5.71. The topological polar surface area (TPSA) is 15.3 Å². The fourth-order valence-corrected chi connectivity index (χ4v) is 3.09. The number of benzene rings is 2. The Morgan fingerprint density at radius 3 is 2.45 bits per heavy atom. The zero-order chi connectivity index (χ0) is 13.6. The molecule has 0 spiro atoms. The van der Waals surface area contributed by atoms with Crippen LogP contribution in [0.15, 0.2) is 42.5 Å². The predicted octanol–water partition coefficient (Wildman–Crippen LogP) is 4.13. The normalized spacial score (nSPS) is 17.0. The molecule has 20 heavy (non-hydrogen) atoms. The Hall–Kier alpha value is -1.54. The Balaban J connectivity index is 1.59. The minimum absolute atomic E-state index is 1.04. The van der Waals surface area contributed by atoms with E-state index < -0.39 is 0 Å². The van der Waals surface area contributed by atoms with Crippen LogP contribution in [0.3, 0.4) is 0 Å². The van der Waals surface area contributed by atoms with E-state index in [0.29, 0.717) is 0 Å². The molecule has 1 N–H and O–H groups in total. The van der Waals surface area contributed by atoms with Crippen LogP contribution >= 0.6 is 0 Å². The van der Waals surface area contributed by atoms with Crippen molar-refractivity contribution in [1.29, 1.82) is 0 Å². The maximum Gasteiger partial charge on any atom is 0.0420 e. The van der Waals surface area contributed by atoms with Gasteiger partial charge in [0.2, 0.25) is 0 Å². The summed E-state index contributed by atoms with van der Waals surface area (Å²) >= 11 is 0. The van der Waals surface area contributed by atoms with Crippen LogP contribution in [0.25, 0.3) is 10.8 Å². The van der Waals surface area contributed by atoms with Crippen LogP contribution in [-0.2, 0) is 0 Å². The molecule has 106 valence electrons. The van der Waals surface area contributed by atoms with Crippen LogP contribution in [0.5, 0.6) is 0 Å². The molecule has 0 amide bonds. The summed E-state index contributed by atoms with van der Waals surface area (Å²) < 4.78 is 0. The van der Waals surface area contributed by atoms with Crippen molar-refractivity contribution < 1.29 is 0 Å². The van der Waals surface area contributed by atoms with Crippen molar-refractivity contribution >= 4 is 16.5 Å². The molecule has 2 heteroatoms. The molecule has 1 heterocycles. The number of likely N-dealkylation sites (tertiary alicyclic amines) is 1. The van der Waals surface area contributed by atoms with Gasteiger partial charge in [0.15, 0.2) is 0 Å². The molecule has 0 aliphatic carbocycles. The summed E-state index contributed by atoms with van der Waals surface area (Å²) in [4.78, 5) is 2.60. The summed E-state index contributed by atoms with van der Waals surface area (Å²) in [6.07, 6.45) is 5.56. The maximum atomic E-state index is 3.61. The molecular weight excluding hydrogens is 244 g/mol. The van der Waals surface area contributed by atoms with Gasteiger partial charge in [-0.2, -0.15) is 0 Å². The maximum absolute atomic E-state index is 3.61. The Kier molecular flexibility index (Phi) is 4.54. The Morgan fingerprint density at radius 1 is 0.850 bits per heavy atom. The van der Waals surface area contributed by atoms with Gasteiger partial charge in [0.1, 0.15) is 0 Å². The van der Waals surface area contributed by atoms with E-state index in [1.807, 2.05) is 0 Å². The first-order valence-electron chi connectivity index (χ1n) is 7.87. The summed E-state index contributed by atoms with van der Waals surface area (Å²) in [5.41, 5.74) is 1.26. The lowest BCUT2D eigenvalue weighted by atomic mass is 10.1. The first-order valence-corrected chi connectivity index (χ1v) is 7.87. The highest BCUT2D eigenvalue weighted by atomic mass is 15.1. The van der Waals surface area contributed by atoms with Gasteiger partial charge >= 0.3 is 0 Å². The van der Waals surface area contributed by atoms with Crippen molar-refractivity contribution in [2.75, 3.05) is 31.5 Å². The van der Waals surface area contributed by atoms with Crippen LogP contribution in [0.4, 0.5) is 5.69 Å². The number of hydrogen-bond donors (Lipinski definition) is 1. The van der Waals surface area contributed by atoms with E-state index in [4.69, 9.17) is 0 Å². The fraction of sp³-hybridized carbons (Fsp3) is 0.444. The standard InChI is InChI=1S/C18H24N2/c1-2-6-14-20(13-5-1)15-12-19-18-11-7-9-16-8-3-4-10-17(16)18/h3-4,7-11,19H,1-2,5-6,12-15H2. The van der Waals surface area contributed by atoms with Gasteiger partial charge in [0, 0.05) is 24.2 Å². The highest BCUT2D eigenvalue weighted by molar-refractivity contribution is 5.93. The van der Waals surface area contributed by atoms with Crippen molar-refractivity contribution in [2.24, 2.45) is 0 Å². The number of nitrogens with one attached hydrogen (secondary N) is 1. The first-order chi connectivity index (χ1) is 9.93. The van der Waals surface area contributed by atoms with Crippen molar-refractivity contribution in [3.63, 3.8) is 0 Å². The first kappa shape index (κ1) is 13.4. The van der Waals surface area contributed by atoms with Gasteiger partial charge in [-0.25, -0.2) is 0 Å². The largest absolute Gasteiger partial charge is 0.383 e. The molecule has 1 aliphatic rings. The average Bonchev–Trinajstić information content (AvgIpc) is 2.76. The molecule has 1 fully saturated rings. The number of fused-ring (bicyclic) bond motifs is 1. The Morgan fingerprint density at radius 2 is 1.60 bits per heavy atom. The molecule has 2 nitrogen and oxygen atoms in total. The van der Waals surface area contributed by atoms with Crippen LogP contribution in [-0.4, -0.2) is 31.1 Å². The second kappa shape index (κ2) is 6.76. The molecule has 0 atom stereocenters. The minimum atomic E-state index is 1.04. The van der Waals surface area contributed by atoms with Crippen molar-refractivity contribution in [2.45, 2.75) is 25.7 Å². The SMILES string of the molecule is c1ccc2c(NCCN3CCCCCC3)cccc2c1. The van der Waals surface area contributed by atoms with Crippen LogP contribution in [0, 0.1) is 0 Å². The third kappa shape index (κ3) is 3.31. The van der Waals surface area contributed by atoms with Gasteiger partial charge < -0.3 is 10.2 Å². The Labute approximate surface area is 121 Å². The van der Waals surface area contributed by atoms with E-state index in [1.54, 1.807) is 0 Å². The highest BCUT2D eigenvalue weighted by Gasteiger charge is 2.08. The Bertz CT molecular complexity index is 537. The van der Waals surface area contributed by atoms with E-state index in [-0.39, 0.29) is 0 Å². The zero-order valence-electron chi connectivity index (χ0n) is 12.1. The lowest BCUT2D eigenvalue weighted by Crippen LogP contribution is -2.29. The molecule has 3 rings (SSSR count). The average molecular weight is 268 g/mol. The molecule has 0 aromatic heterocycles. The number of nitrogens with zero attached hydrogens (tertiary/aromatic N) is 1. The van der Waals surface area contributed by atoms with Crippen molar-refractivity contribution in [1.82, 2.24) is 4.90 Å². The van der Waals surface area contributed by atoms with Crippen molar-refractivity contribution in [3.8, 4) is 0 Å². The third-order valence-corrected chi connectivity index (χ3v) is 4.23. The zero-order valence-corrected chi connectivity index (χ0v) is 12.1. The lowest BCUT2D eigenvalue weighted by molar-refractivity contribution is 0.296. The number of rotatable bonds is 4. The lowest BCUT2D eigenvalue weighted by Gasteiger charge is -2.20. The fourth-order valence-electron chi connectivity index (χ4n) is 3.09. The highest BCUT2D eigenvalue weighted by Crippen LogP contribution is 2.22. The molecule has 0 bridgehead atoms. The quantitative estimate of drug-likeness (QED) is 0.897. The van der Waals surface area contributed by atoms with Crippen LogP contribution in [0.1, 0.15) is 25.7 Å². The smallest absolute Gasteiger partial charge is 0.0420 e. The van der Waals surface area contributed by atoms with Gasteiger partial charge in [-0.15, -0.1) is 0 Å². The van der Waals surface area contributed by atoms with Crippen LogP contribution in [0.2, 0.25) is 0 Å². The van der Waals surface area contributed by atoms with Crippen molar-refractivity contribution in [3.05, 3.63) is 42.5 Å². The summed E-state index contributed by atoms with van der Waals surface area (Å²) in [5.74, 6) is 0. The molecule has 2 aromatic rings. The van der Waals surface area contributed by atoms with Gasteiger partial charge in [0.25, 0.3) is 0 Å². The van der Waals surface area contributed by atoms with E-state index in [2.05, 4.69) is 52.7 Å². The predicted molar refractivity (Wildman–Crippen MR) is 87.3 cm³/mol. The monoisotopic (exact) mass is 268 g/mol. The number of hydrogen-bond acceptors (Lipinski definition) is 2. The summed E-state index contributed by atoms with van der Waals surface area (Å²) in [6.45, 7) is 4.74. The van der Waals surface area contributed by atoms with Gasteiger partial charge in [-0.3, -0.25) is 0 Å². The molecule has 0 unspecified atom stereocenters. The summed E-state index contributed by atoms with van der Waals surface area (Å²) in [5, 5.41) is 6.25. The molecule has 0 saturated carbocycles. The van der Waals surface area contributed by atoms with E-state index in [1.165, 1.54) is 55.2 Å². The van der Waals surface area contributed by atoms with Crippen LogP contribution < -0.4 is 5.32 Å². The minimum Gasteiger partial charge on any atom is -0.383 e. The van der Waals surface area contributed by atoms with Gasteiger partial charge in [0.05, 0.1) is 0 Å². The molecular formula is C18H24N2. The number of anilines is 1. The van der Waals surface area contributed by atoms with E-state index >= 15 is 0 Å². The molecule has 2 aromatic carbocycles. The summed E-state index contributed by atoms with van der Waals surface area (Å²) in [7, 11) is 0. The molecule has 1 aliphatic heterocycles. The van der Waals surface area contributed by atoms with Gasteiger partial charge in [-0.1, -0.05) is 49.2 Å². The van der Waals surface area contributed by atoms with E-state index in [9.17, 15) is 0 Å².